The number of aromatic nitrogens is 2. The first-order chi connectivity index (χ1) is 18.4. The van der Waals surface area contributed by atoms with Gasteiger partial charge >= 0.3 is 11.7 Å². The summed E-state index contributed by atoms with van der Waals surface area (Å²) in [6.07, 6.45) is 3.40. The van der Waals surface area contributed by atoms with Gasteiger partial charge in [0.15, 0.2) is 0 Å². The maximum atomic E-state index is 12.8. The number of urea groups is 1. The molecule has 2 saturated heterocycles. The average Bonchev–Trinajstić information content (AvgIpc) is 2.90. The van der Waals surface area contributed by atoms with Crippen LogP contribution in [0.15, 0.2) is 35.3 Å². The summed E-state index contributed by atoms with van der Waals surface area (Å²) >= 11 is 6.56. The highest BCUT2D eigenvalue weighted by molar-refractivity contribution is 6.31. The molecule has 13 heteroatoms. The Morgan fingerprint density at radius 1 is 1.13 bits per heavy atom. The fourth-order valence-corrected chi connectivity index (χ4v) is 4.91. The lowest BCUT2D eigenvalue weighted by atomic mass is 9.91. The van der Waals surface area contributed by atoms with Gasteiger partial charge in [-0.1, -0.05) is 17.7 Å². The van der Waals surface area contributed by atoms with Crippen LogP contribution < -0.4 is 22.5 Å². The second kappa shape index (κ2) is 11.6. The number of carbonyl (C=O) groups is 2. The third-order valence-corrected chi connectivity index (χ3v) is 7.77. The zero-order chi connectivity index (χ0) is 28.4. The molecule has 2 aromatic rings. The summed E-state index contributed by atoms with van der Waals surface area (Å²) in [6, 6.07) is 6.58. The first kappa shape index (κ1) is 29.0. The van der Waals surface area contributed by atoms with Crippen LogP contribution in [0.3, 0.4) is 0 Å². The van der Waals surface area contributed by atoms with Crippen molar-refractivity contribution in [1.29, 1.82) is 0 Å². The largest absolute Gasteiger partial charge is 0.394 e. The molecule has 3 heterocycles. The number of piperazine rings is 1. The Morgan fingerprint density at radius 2 is 1.77 bits per heavy atom. The van der Waals surface area contributed by atoms with Crippen LogP contribution in [0.5, 0.6) is 0 Å². The minimum atomic E-state index is -1.36. The molecule has 1 atom stereocenters. The summed E-state index contributed by atoms with van der Waals surface area (Å²) in [7, 11) is 0. The molecule has 0 radical (unpaired) electrons. The molecule has 212 valence electrons. The lowest BCUT2D eigenvalue weighted by molar-refractivity contribution is -0.139. The number of hydrogen-bond donors (Lipinski definition) is 4. The van der Waals surface area contributed by atoms with Gasteiger partial charge in [0.05, 0.1) is 12.3 Å². The summed E-state index contributed by atoms with van der Waals surface area (Å²) in [4.78, 5) is 47.3. The number of nitrogens with zero attached hydrogens (tertiary/aromatic N) is 5. The first-order valence-electron chi connectivity index (χ1n) is 13.0. The SMILES string of the molecule is CC1(N)CCN(Cc2ccc(-n3ccc(NC(=O)N4CCN(C(=O)[C@@](C)(N)CO)CC4)nc3=O)cc2Cl)CC1. The maximum Gasteiger partial charge on any atom is 0.354 e. The van der Waals surface area contributed by atoms with Gasteiger partial charge < -0.3 is 26.4 Å². The molecule has 6 N–H and O–H groups in total. The van der Waals surface area contributed by atoms with E-state index in [9.17, 15) is 19.5 Å². The summed E-state index contributed by atoms with van der Waals surface area (Å²) in [6.45, 7) is 6.75. The summed E-state index contributed by atoms with van der Waals surface area (Å²) in [5.74, 6) is -0.247. The number of nitrogens with two attached hydrogens (primary N) is 2. The summed E-state index contributed by atoms with van der Waals surface area (Å²) in [5.41, 5.74) is 11.6. The number of aliphatic hydroxyl groups is 1. The standard InChI is InChI=1S/C26H37ClN8O4/c1-25(28)6-9-32(10-7-25)16-18-3-4-19(15-20(18)27)35-8-5-21(31-24(35)39)30-23(38)34-13-11-33(12-14-34)22(37)26(2,29)17-36/h3-5,8,15,36H,6-7,9-14,16-17,28-29H2,1-2H3,(H,30,31,38,39)/t26-/m0/s1. The van der Waals surface area contributed by atoms with Crippen LogP contribution in [0.2, 0.25) is 5.02 Å². The highest BCUT2D eigenvalue weighted by atomic mass is 35.5. The van der Waals surface area contributed by atoms with Crippen LogP contribution in [0.4, 0.5) is 10.6 Å². The fraction of sp³-hybridized carbons (Fsp3) is 0.538. The maximum absolute atomic E-state index is 12.8. The van der Waals surface area contributed by atoms with Crippen molar-refractivity contribution in [3.8, 4) is 5.69 Å². The summed E-state index contributed by atoms with van der Waals surface area (Å²) in [5, 5.41) is 12.5. The quantitative estimate of drug-likeness (QED) is 0.399. The second-order valence-electron chi connectivity index (χ2n) is 11.0. The van der Waals surface area contributed by atoms with E-state index in [0.29, 0.717) is 17.3 Å². The molecular weight excluding hydrogens is 524 g/mol. The van der Waals surface area contributed by atoms with Gasteiger partial charge in [0.25, 0.3) is 0 Å². The number of piperidine rings is 1. The molecule has 4 rings (SSSR count). The van der Waals surface area contributed by atoms with E-state index in [1.165, 1.54) is 27.5 Å². The molecule has 2 fully saturated rings. The number of likely N-dealkylation sites (tertiary alicyclic amines) is 1. The van der Waals surface area contributed by atoms with Gasteiger partial charge in [0.1, 0.15) is 11.4 Å². The molecule has 0 unspecified atom stereocenters. The Kier molecular flexibility index (Phi) is 8.62. The molecule has 0 spiro atoms. The molecule has 0 saturated carbocycles. The van der Waals surface area contributed by atoms with Crippen LogP contribution >= 0.6 is 11.6 Å². The van der Waals surface area contributed by atoms with Crippen molar-refractivity contribution >= 4 is 29.4 Å². The van der Waals surface area contributed by atoms with Crippen molar-refractivity contribution < 1.29 is 14.7 Å². The van der Waals surface area contributed by atoms with E-state index >= 15 is 0 Å². The smallest absolute Gasteiger partial charge is 0.354 e. The number of benzene rings is 1. The van der Waals surface area contributed by atoms with Crippen molar-refractivity contribution in [2.75, 3.05) is 51.2 Å². The Morgan fingerprint density at radius 3 is 2.36 bits per heavy atom. The monoisotopic (exact) mass is 560 g/mol. The Hall–Kier alpha value is -3.03. The number of rotatable bonds is 6. The van der Waals surface area contributed by atoms with Crippen LogP contribution in [0, 0.1) is 0 Å². The number of hydrogen-bond acceptors (Lipinski definition) is 8. The number of anilines is 1. The molecule has 1 aromatic carbocycles. The Bertz CT molecular complexity index is 1260. The molecule has 2 aliphatic heterocycles. The fourth-order valence-electron chi connectivity index (χ4n) is 4.68. The van der Waals surface area contributed by atoms with E-state index in [4.69, 9.17) is 23.1 Å². The van der Waals surface area contributed by atoms with Gasteiger partial charge in [-0.2, -0.15) is 4.98 Å². The molecule has 0 bridgehead atoms. The second-order valence-corrected chi connectivity index (χ2v) is 11.4. The van der Waals surface area contributed by atoms with Gasteiger partial charge in [-0.3, -0.25) is 19.6 Å². The van der Waals surface area contributed by atoms with Crippen LogP contribution in [0.25, 0.3) is 5.69 Å². The number of aliphatic hydroxyl groups excluding tert-OH is 1. The van der Waals surface area contributed by atoms with Crippen LogP contribution in [0.1, 0.15) is 32.3 Å². The van der Waals surface area contributed by atoms with E-state index in [1.54, 1.807) is 12.1 Å². The lowest BCUT2D eigenvalue weighted by Gasteiger charge is -2.37. The molecule has 0 aliphatic carbocycles. The molecule has 2 aliphatic rings. The highest BCUT2D eigenvalue weighted by Crippen LogP contribution is 2.25. The normalized spacial score (nSPS) is 19.4. The lowest BCUT2D eigenvalue weighted by Crippen LogP contribution is -2.60. The van der Waals surface area contributed by atoms with Gasteiger partial charge in [-0.15, -0.1) is 0 Å². The summed E-state index contributed by atoms with van der Waals surface area (Å²) < 4.78 is 1.36. The van der Waals surface area contributed by atoms with E-state index in [2.05, 4.69) is 22.1 Å². The average molecular weight is 561 g/mol. The number of halogens is 1. The van der Waals surface area contributed by atoms with Gasteiger partial charge in [0.2, 0.25) is 5.91 Å². The first-order valence-corrected chi connectivity index (χ1v) is 13.4. The predicted molar refractivity (Wildman–Crippen MR) is 149 cm³/mol. The molecule has 1 aromatic heterocycles. The van der Waals surface area contributed by atoms with Crippen molar-refractivity contribution in [2.45, 2.75) is 44.3 Å². The van der Waals surface area contributed by atoms with Crippen molar-refractivity contribution in [3.05, 3.63) is 51.5 Å². The third kappa shape index (κ3) is 6.95. The van der Waals surface area contributed by atoms with Gasteiger partial charge in [-0.25, -0.2) is 9.59 Å². The van der Waals surface area contributed by atoms with E-state index in [1.807, 2.05) is 12.1 Å². The Balaban J connectivity index is 1.35. The van der Waals surface area contributed by atoms with Gasteiger partial charge in [-0.05, 0) is 50.5 Å². The predicted octanol–water partition coefficient (Wildman–Crippen LogP) is 0.585. The highest BCUT2D eigenvalue weighted by Gasteiger charge is 2.34. The number of nitrogens with one attached hydrogen (secondary N) is 1. The van der Waals surface area contributed by atoms with Crippen molar-refractivity contribution in [2.24, 2.45) is 11.5 Å². The van der Waals surface area contributed by atoms with Crippen LogP contribution in [-0.4, -0.2) is 98.2 Å². The minimum Gasteiger partial charge on any atom is -0.394 e. The zero-order valence-corrected chi connectivity index (χ0v) is 23.2. The number of carbonyl (C=O) groups excluding carboxylic acids is 2. The van der Waals surface area contributed by atoms with Crippen LogP contribution in [-0.2, 0) is 11.3 Å². The van der Waals surface area contributed by atoms with E-state index in [-0.39, 0.29) is 43.4 Å². The topological polar surface area (TPSA) is 163 Å². The van der Waals surface area contributed by atoms with Gasteiger partial charge in [0, 0.05) is 62.6 Å². The number of amides is 3. The molecular formula is C26H37ClN8O4. The van der Waals surface area contributed by atoms with E-state index < -0.39 is 23.9 Å². The molecule has 3 amide bonds. The zero-order valence-electron chi connectivity index (χ0n) is 22.4. The third-order valence-electron chi connectivity index (χ3n) is 7.42. The van der Waals surface area contributed by atoms with Crippen molar-refractivity contribution in [1.82, 2.24) is 24.3 Å². The van der Waals surface area contributed by atoms with Crippen molar-refractivity contribution in [3.63, 3.8) is 0 Å². The Labute approximate surface area is 232 Å². The molecule has 39 heavy (non-hydrogen) atoms. The minimum absolute atomic E-state index is 0.118. The van der Waals surface area contributed by atoms with E-state index in [0.717, 1.165) is 31.5 Å². The molecule has 12 nitrogen and oxygen atoms in total.